The molecule has 3 rings (SSSR count). The molecule has 0 aromatic heterocycles. The van der Waals surface area contributed by atoms with Crippen molar-refractivity contribution < 1.29 is 4.39 Å². The summed E-state index contributed by atoms with van der Waals surface area (Å²) in [6.45, 7) is 1.81. The van der Waals surface area contributed by atoms with Crippen molar-refractivity contribution in [3.05, 3.63) is 64.4 Å². The molecular formula is C17H17ClFN. The predicted molar refractivity (Wildman–Crippen MR) is 82.0 cm³/mol. The highest BCUT2D eigenvalue weighted by atomic mass is 35.5. The van der Waals surface area contributed by atoms with Crippen molar-refractivity contribution in [3.63, 3.8) is 0 Å². The van der Waals surface area contributed by atoms with E-state index in [0.29, 0.717) is 17.5 Å². The molecule has 1 N–H and O–H groups in total. The third kappa shape index (κ3) is 2.66. The minimum absolute atomic E-state index is 0.149. The second-order valence-electron chi connectivity index (χ2n) is 5.47. The van der Waals surface area contributed by atoms with E-state index in [-0.39, 0.29) is 5.82 Å². The molecule has 2 aromatic carbocycles. The molecule has 0 atom stereocenters. The van der Waals surface area contributed by atoms with E-state index in [1.807, 2.05) is 25.1 Å². The van der Waals surface area contributed by atoms with Gasteiger partial charge in [0.25, 0.3) is 0 Å². The van der Waals surface area contributed by atoms with Crippen LogP contribution in [-0.2, 0) is 0 Å². The molecule has 2 aromatic rings. The van der Waals surface area contributed by atoms with Crippen molar-refractivity contribution in [2.24, 2.45) is 0 Å². The summed E-state index contributed by atoms with van der Waals surface area (Å²) in [5.74, 6) is 0.433. The van der Waals surface area contributed by atoms with Gasteiger partial charge in [0.1, 0.15) is 5.82 Å². The van der Waals surface area contributed by atoms with Gasteiger partial charge in [0.15, 0.2) is 0 Å². The Hall–Kier alpha value is -1.54. The van der Waals surface area contributed by atoms with E-state index in [4.69, 9.17) is 11.6 Å². The molecular weight excluding hydrogens is 273 g/mol. The largest absolute Gasteiger partial charge is 0.382 e. The van der Waals surface area contributed by atoms with Crippen LogP contribution in [0.5, 0.6) is 0 Å². The maximum atomic E-state index is 13.5. The van der Waals surface area contributed by atoms with Gasteiger partial charge in [-0.25, -0.2) is 4.39 Å². The molecule has 3 heteroatoms. The first-order valence-electron chi connectivity index (χ1n) is 6.90. The van der Waals surface area contributed by atoms with Crippen molar-refractivity contribution in [3.8, 4) is 0 Å². The van der Waals surface area contributed by atoms with Crippen molar-refractivity contribution in [1.29, 1.82) is 0 Å². The number of rotatable bonds is 3. The molecule has 0 aliphatic heterocycles. The quantitative estimate of drug-likeness (QED) is 0.824. The number of hydrogen-bond acceptors (Lipinski definition) is 1. The van der Waals surface area contributed by atoms with Gasteiger partial charge in [-0.2, -0.15) is 0 Å². The molecule has 1 saturated carbocycles. The van der Waals surface area contributed by atoms with Crippen molar-refractivity contribution in [1.82, 2.24) is 0 Å². The van der Waals surface area contributed by atoms with Crippen LogP contribution in [0.25, 0.3) is 0 Å². The number of hydrogen-bond donors (Lipinski definition) is 1. The summed E-state index contributed by atoms with van der Waals surface area (Å²) in [5, 5.41) is 4.21. The van der Waals surface area contributed by atoms with Gasteiger partial charge in [0.2, 0.25) is 0 Å². The molecule has 1 nitrogen and oxygen atoms in total. The molecule has 1 aliphatic carbocycles. The topological polar surface area (TPSA) is 12.0 Å². The summed E-state index contributed by atoms with van der Waals surface area (Å²) in [6, 6.07) is 13.7. The van der Waals surface area contributed by atoms with Crippen LogP contribution in [0.1, 0.15) is 29.9 Å². The zero-order valence-electron chi connectivity index (χ0n) is 11.4. The minimum Gasteiger partial charge on any atom is -0.382 e. The van der Waals surface area contributed by atoms with E-state index in [1.54, 1.807) is 6.07 Å². The number of nitrogens with one attached hydrogen (secondary N) is 1. The molecule has 0 radical (unpaired) electrons. The number of halogens is 2. The second kappa shape index (κ2) is 5.45. The second-order valence-corrected chi connectivity index (χ2v) is 5.91. The summed E-state index contributed by atoms with van der Waals surface area (Å²) < 4.78 is 13.5. The van der Waals surface area contributed by atoms with E-state index in [0.717, 1.165) is 23.6 Å². The molecule has 0 unspecified atom stereocenters. The lowest BCUT2D eigenvalue weighted by Gasteiger charge is -2.37. The third-order valence-corrected chi connectivity index (χ3v) is 4.36. The Morgan fingerprint density at radius 2 is 1.80 bits per heavy atom. The van der Waals surface area contributed by atoms with Crippen molar-refractivity contribution in [2.45, 2.75) is 31.7 Å². The smallest absolute Gasteiger partial charge is 0.128 e. The molecule has 0 amide bonds. The first-order chi connectivity index (χ1) is 9.63. The summed E-state index contributed by atoms with van der Waals surface area (Å²) in [6.07, 6.45) is 2.16. The highest BCUT2D eigenvalue weighted by molar-refractivity contribution is 6.30. The Balaban J connectivity index is 1.61. The molecule has 0 bridgehead atoms. The highest BCUT2D eigenvalue weighted by Crippen LogP contribution is 2.39. The maximum Gasteiger partial charge on any atom is 0.128 e. The summed E-state index contributed by atoms with van der Waals surface area (Å²) in [4.78, 5) is 0. The lowest BCUT2D eigenvalue weighted by molar-refractivity contribution is 0.374. The standard InChI is InChI=1S/C17H17ClFN/c1-11-16(19)3-2-4-17(11)20-15-9-13(10-15)12-5-7-14(18)8-6-12/h2-8,13,15,20H,9-10H2,1H3. The zero-order chi connectivity index (χ0) is 14.1. The third-order valence-electron chi connectivity index (χ3n) is 4.11. The average Bonchev–Trinajstić information content (AvgIpc) is 2.39. The van der Waals surface area contributed by atoms with Gasteiger partial charge in [0.05, 0.1) is 0 Å². The zero-order valence-corrected chi connectivity index (χ0v) is 12.1. The van der Waals surface area contributed by atoms with Crippen LogP contribution in [0, 0.1) is 12.7 Å². The molecule has 1 aliphatic rings. The Kier molecular flexibility index (Phi) is 3.66. The number of anilines is 1. The fraction of sp³-hybridized carbons (Fsp3) is 0.294. The normalized spacial score (nSPS) is 21.4. The highest BCUT2D eigenvalue weighted by Gasteiger charge is 2.30. The van der Waals surface area contributed by atoms with Gasteiger partial charge in [-0.05, 0) is 55.5 Å². The van der Waals surface area contributed by atoms with Gasteiger partial charge < -0.3 is 5.32 Å². The van der Waals surface area contributed by atoms with Gasteiger partial charge in [-0.15, -0.1) is 0 Å². The van der Waals surface area contributed by atoms with Crippen LogP contribution in [-0.4, -0.2) is 6.04 Å². The van der Waals surface area contributed by atoms with E-state index in [2.05, 4.69) is 17.4 Å². The van der Waals surface area contributed by atoms with E-state index < -0.39 is 0 Å². The first kappa shape index (κ1) is 13.4. The molecule has 0 spiro atoms. The van der Waals surface area contributed by atoms with E-state index >= 15 is 0 Å². The Bertz CT molecular complexity index is 603. The van der Waals surface area contributed by atoms with Crippen molar-refractivity contribution in [2.75, 3.05) is 5.32 Å². The van der Waals surface area contributed by atoms with Crippen LogP contribution in [0.15, 0.2) is 42.5 Å². The van der Waals surface area contributed by atoms with Gasteiger partial charge in [0, 0.05) is 22.3 Å². The van der Waals surface area contributed by atoms with Gasteiger partial charge in [-0.1, -0.05) is 29.8 Å². The van der Waals surface area contributed by atoms with E-state index in [1.165, 1.54) is 11.6 Å². The Morgan fingerprint density at radius 1 is 1.10 bits per heavy atom. The monoisotopic (exact) mass is 289 g/mol. The van der Waals surface area contributed by atoms with Gasteiger partial charge >= 0.3 is 0 Å². The summed E-state index contributed by atoms with van der Waals surface area (Å²) >= 11 is 5.90. The average molecular weight is 290 g/mol. The Labute approximate surface area is 123 Å². The fourth-order valence-corrected chi connectivity index (χ4v) is 2.85. The van der Waals surface area contributed by atoms with Gasteiger partial charge in [-0.3, -0.25) is 0 Å². The summed E-state index contributed by atoms with van der Waals surface area (Å²) in [7, 11) is 0. The molecule has 104 valence electrons. The predicted octanol–water partition coefficient (Wildman–Crippen LogP) is 5.15. The van der Waals surface area contributed by atoms with Crippen LogP contribution >= 0.6 is 11.6 Å². The fourth-order valence-electron chi connectivity index (χ4n) is 2.73. The lowest BCUT2D eigenvalue weighted by Crippen LogP contribution is -2.34. The minimum atomic E-state index is -0.149. The molecule has 1 fully saturated rings. The van der Waals surface area contributed by atoms with Crippen LogP contribution in [0.4, 0.5) is 10.1 Å². The van der Waals surface area contributed by atoms with Crippen molar-refractivity contribution >= 4 is 17.3 Å². The first-order valence-corrected chi connectivity index (χ1v) is 7.28. The summed E-state index contributed by atoms with van der Waals surface area (Å²) in [5.41, 5.74) is 2.94. The molecule has 20 heavy (non-hydrogen) atoms. The Morgan fingerprint density at radius 3 is 2.50 bits per heavy atom. The molecule has 0 saturated heterocycles. The molecule has 0 heterocycles. The maximum absolute atomic E-state index is 13.5. The van der Waals surface area contributed by atoms with Crippen LogP contribution in [0.3, 0.4) is 0 Å². The van der Waals surface area contributed by atoms with Crippen LogP contribution < -0.4 is 5.32 Å². The van der Waals surface area contributed by atoms with E-state index in [9.17, 15) is 4.39 Å². The lowest BCUT2D eigenvalue weighted by atomic mass is 9.76. The van der Waals surface area contributed by atoms with Crippen LogP contribution in [0.2, 0.25) is 5.02 Å². The number of benzene rings is 2. The SMILES string of the molecule is Cc1c(F)cccc1NC1CC(c2ccc(Cl)cc2)C1.